The lowest BCUT2D eigenvalue weighted by atomic mass is 10.2. The minimum Gasteiger partial charge on any atom is -0.383 e. The van der Waals surface area contributed by atoms with Gasteiger partial charge in [0.25, 0.3) is 5.91 Å². The van der Waals surface area contributed by atoms with Crippen LogP contribution in [0.3, 0.4) is 0 Å². The molecule has 3 nitrogen and oxygen atoms in total. The first-order chi connectivity index (χ1) is 8.60. The number of amides is 1. The zero-order valence-electron chi connectivity index (χ0n) is 9.96. The summed E-state index contributed by atoms with van der Waals surface area (Å²) in [5, 5.41) is 0.744. The highest BCUT2D eigenvalue weighted by Gasteiger charge is 2.17. The van der Waals surface area contributed by atoms with E-state index in [-0.39, 0.29) is 5.91 Å². The van der Waals surface area contributed by atoms with Crippen LogP contribution in [0.25, 0.3) is 0 Å². The van der Waals surface area contributed by atoms with Gasteiger partial charge >= 0.3 is 0 Å². The zero-order chi connectivity index (χ0) is 13.5. The van der Waals surface area contributed by atoms with E-state index in [0.717, 1.165) is 14.3 Å². The van der Waals surface area contributed by atoms with Gasteiger partial charge in [-0.15, -0.1) is 0 Å². The number of hydrogen-bond donors (Lipinski definition) is 0. The molecule has 0 bridgehead atoms. The van der Waals surface area contributed by atoms with Gasteiger partial charge in [0.2, 0.25) is 0 Å². The van der Waals surface area contributed by atoms with Crippen molar-refractivity contribution in [3.05, 3.63) is 32.7 Å². The van der Waals surface area contributed by atoms with Gasteiger partial charge in [0, 0.05) is 34.5 Å². The number of ether oxygens (including phenoxy) is 1. The monoisotopic (exact) mass is 441 g/mol. The van der Waals surface area contributed by atoms with Gasteiger partial charge in [-0.05, 0) is 34.1 Å². The highest BCUT2D eigenvalue weighted by Crippen LogP contribution is 2.23. The standard InChI is InChI=1S/C12H14Br3NO2/c1-18-7-6-16(5-4-13)12(17)10-8-9(14)2-3-11(10)15/h2-3,8H,4-7H2,1H3. The molecule has 0 aliphatic rings. The summed E-state index contributed by atoms with van der Waals surface area (Å²) in [5.74, 6) is -0.000301. The number of halogens is 3. The van der Waals surface area contributed by atoms with Crippen molar-refractivity contribution < 1.29 is 9.53 Å². The maximum absolute atomic E-state index is 12.4. The second-order valence-corrected chi connectivity index (χ2v) is 6.16. The van der Waals surface area contributed by atoms with E-state index in [2.05, 4.69) is 47.8 Å². The fourth-order valence-corrected chi connectivity index (χ4v) is 2.66. The van der Waals surface area contributed by atoms with Crippen LogP contribution in [0.2, 0.25) is 0 Å². The molecule has 0 fully saturated rings. The normalized spacial score (nSPS) is 10.4. The first-order valence-electron chi connectivity index (χ1n) is 5.39. The number of nitrogens with zero attached hydrogens (tertiary/aromatic N) is 1. The summed E-state index contributed by atoms with van der Waals surface area (Å²) in [6, 6.07) is 5.57. The largest absolute Gasteiger partial charge is 0.383 e. The molecule has 0 N–H and O–H groups in total. The second kappa shape index (κ2) is 8.30. The van der Waals surface area contributed by atoms with Gasteiger partial charge in [0.1, 0.15) is 0 Å². The van der Waals surface area contributed by atoms with Crippen LogP contribution >= 0.6 is 47.8 Å². The van der Waals surface area contributed by atoms with E-state index < -0.39 is 0 Å². The van der Waals surface area contributed by atoms with Crippen molar-refractivity contribution in [1.29, 1.82) is 0 Å². The summed E-state index contributed by atoms with van der Waals surface area (Å²) in [7, 11) is 1.63. The highest BCUT2D eigenvalue weighted by atomic mass is 79.9. The lowest BCUT2D eigenvalue weighted by Gasteiger charge is -2.22. The number of carbonyl (C=O) groups excluding carboxylic acids is 1. The van der Waals surface area contributed by atoms with Gasteiger partial charge in [0.05, 0.1) is 12.2 Å². The van der Waals surface area contributed by atoms with Gasteiger partial charge in [-0.1, -0.05) is 31.9 Å². The molecule has 0 aromatic heterocycles. The number of benzene rings is 1. The molecule has 18 heavy (non-hydrogen) atoms. The third-order valence-corrected chi connectivity index (χ3v) is 3.91. The van der Waals surface area contributed by atoms with E-state index in [0.29, 0.717) is 25.3 Å². The Labute approximate surface area is 132 Å². The van der Waals surface area contributed by atoms with Crippen LogP contribution in [0.4, 0.5) is 0 Å². The van der Waals surface area contributed by atoms with Crippen LogP contribution in [-0.2, 0) is 4.74 Å². The first kappa shape index (κ1) is 16.1. The molecular weight excluding hydrogens is 430 g/mol. The van der Waals surface area contributed by atoms with E-state index in [1.165, 1.54) is 0 Å². The van der Waals surface area contributed by atoms with Crippen molar-refractivity contribution in [2.75, 3.05) is 32.1 Å². The van der Waals surface area contributed by atoms with Crippen LogP contribution in [-0.4, -0.2) is 42.9 Å². The molecule has 1 aromatic carbocycles. The number of hydrogen-bond acceptors (Lipinski definition) is 2. The van der Waals surface area contributed by atoms with E-state index in [4.69, 9.17) is 4.74 Å². The lowest BCUT2D eigenvalue weighted by Crippen LogP contribution is -2.35. The Morgan fingerprint density at radius 3 is 2.67 bits per heavy atom. The molecule has 0 radical (unpaired) electrons. The Balaban J connectivity index is 2.90. The number of rotatable bonds is 6. The van der Waals surface area contributed by atoms with Crippen LogP contribution < -0.4 is 0 Å². The summed E-state index contributed by atoms with van der Waals surface area (Å²) in [6.07, 6.45) is 0. The topological polar surface area (TPSA) is 29.5 Å². The van der Waals surface area contributed by atoms with Gasteiger partial charge in [-0.2, -0.15) is 0 Å². The molecule has 0 unspecified atom stereocenters. The molecule has 0 atom stereocenters. The smallest absolute Gasteiger partial charge is 0.255 e. The average Bonchev–Trinajstić information content (AvgIpc) is 2.36. The molecule has 0 aliphatic heterocycles. The number of alkyl halides is 1. The SMILES string of the molecule is COCCN(CCBr)C(=O)c1cc(Br)ccc1Br. The lowest BCUT2D eigenvalue weighted by molar-refractivity contribution is 0.0708. The Morgan fingerprint density at radius 2 is 2.06 bits per heavy atom. The van der Waals surface area contributed by atoms with Crippen LogP contribution in [0.1, 0.15) is 10.4 Å². The predicted octanol–water partition coefficient (Wildman–Crippen LogP) is 3.70. The maximum atomic E-state index is 12.4. The molecule has 6 heteroatoms. The van der Waals surface area contributed by atoms with E-state index in [9.17, 15) is 4.79 Å². The third-order valence-electron chi connectivity index (χ3n) is 2.37. The molecule has 100 valence electrons. The van der Waals surface area contributed by atoms with Crippen molar-refractivity contribution in [3.63, 3.8) is 0 Å². The third kappa shape index (κ3) is 4.64. The van der Waals surface area contributed by atoms with Crippen LogP contribution in [0.15, 0.2) is 27.1 Å². The molecule has 0 saturated carbocycles. The van der Waals surface area contributed by atoms with Crippen molar-refractivity contribution in [2.24, 2.45) is 0 Å². The fourth-order valence-electron chi connectivity index (χ4n) is 1.45. The predicted molar refractivity (Wildman–Crippen MR) is 83.4 cm³/mol. The minimum absolute atomic E-state index is 0.000301. The summed E-state index contributed by atoms with van der Waals surface area (Å²) in [6.45, 7) is 1.77. The van der Waals surface area contributed by atoms with Gasteiger partial charge < -0.3 is 9.64 Å². The van der Waals surface area contributed by atoms with Crippen molar-refractivity contribution in [2.45, 2.75) is 0 Å². The quantitative estimate of drug-likeness (QED) is 0.627. The number of carbonyl (C=O) groups is 1. The average molecular weight is 444 g/mol. The summed E-state index contributed by atoms with van der Waals surface area (Å²) in [5.41, 5.74) is 0.654. The van der Waals surface area contributed by atoms with E-state index in [1.54, 1.807) is 12.0 Å². The van der Waals surface area contributed by atoms with Gasteiger partial charge in [-0.25, -0.2) is 0 Å². The van der Waals surface area contributed by atoms with Gasteiger partial charge in [-0.3, -0.25) is 4.79 Å². The van der Waals surface area contributed by atoms with E-state index in [1.807, 2.05) is 18.2 Å². The number of methoxy groups -OCH3 is 1. The van der Waals surface area contributed by atoms with Crippen molar-refractivity contribution in [1.82, 2.24) is 4.90 Å². The van der Waals surface area contributed by atoms with Crippen LogP contribution in [0, 0.1) is 0 Å². The fraction of sp³-hybridized carbons (Fsp3) is 0.417. The molecule has 1 amide bonds. The Hall–Kier alpha value is 0.0900. The Bertz CT molecular complexity index is 412. The Kier molecular flexibility index (Phi) is 7.44. The zero-order valence-corrected chi connectivity index (χ0v) is 14.7. The molecule has 0 spiro atoms. The summed E-state index contributed by atoms with van der Waals surface area (Å²) < 4.78 is 6.72. The summed E-state index contributed by atoms with van der Waals surface area (Å²) >= 11 is 10.1. The molecule has 0 saturated heterocycles. The summed E-state index contributed by atoms with van der Waals surface area (Å²) in [4.78, 5) is 14.2. The van der Waals surface area contributed by atoms with Crippen LogP contribution in [0.5, 0.6) is 0 Å². The van der Waals surface area contributed by atoms with Gasteiger partial charge in [0.15, 0.2) is 0 Å². The highest BCUT2D eigenvalue weighted by molar-refractivity contribution is 9.11. The molecule has 1 rings (SSSR count). The second-order valence-electron chi connectivity index (χ2n) is 3.60. The molecule has 0 heterocycles. The maximum Gasteiger partial charge on any atom is 0.255 e. The molecule has 0 aliphatic carbocycles. The van der Waals surface area contributed by atoms with Crippen molar-refractivity contribution in [3.8, 4) is 0 Å². The van der Waals surface area contributed by atoms with Crippen molar-refractivity contribution >= 4 is 53.7 Å². The molecule has 1 aromatic rings. The Morgan fingerprint density at radius 1 is 1.33 bits per heavy atom. The first-order valence-corrected chi connectivity index (χ1v) is 8.10. The molecular formula is C12H14Br3NO2. The van der Waals surface area contributed by atoms with E-state index >= 15 is 0 Å². The minimum atomic E-state index is -0.000301.